The number of halogens is 4. The van der Waals surface area contributed by atoms with Gasteiger partial charge in [0.05, 0.1) is 16.4 Å². The van der Waals surface area contributed by atoms with E-state index in [1.165, 1.54) is 0 Å². The Morgan fingerprint density at radius 3 is 2.26 bits per heavy atom. The maximum Gasteiger partial charge on any atom is 0.273 e. The molecule has 7 heteroatoms. The summed E-state index contributed by atoms with van der Waals surface area (Å²) in [5, 5.41) is 5.35. The molecule has 0 spiro atoms. The lowest BCUT2D eigenvalue weighted by Gasteiger charge is -2.11. The number of carbonyl (C=O) groups excluding carboxylic acids is 1. The van der Waals surface area contributed by atoms with Gasteiger partial charge in [0.2, 0.25) is 0 Å². The SMILES string of the molecule is C/C(=C\c1ccc(Cl)cc1)c1c(C)c(C(=O)Cl)nn1-c1ccc(Cl)cc1Cl. The van der Waals surface area contributed by atoms with Gasteiger partial charge in [-0.2, -0.15) is 5.10 Å². The third kappa shape index (κ3) is 4.22. The van der Waals surface area contributed by atoms with Gasteiger partial charge in [-0.3, -0.25) is 4.79 Å². The second kappa shape index (κ2) is 8.07. The van der Waals surface area contributed by atoms with E-state index >= 15 is 0 Å². The quantitative estimate of drug-likeness (QED) is 0.407. The Bertz CT molecular complexity index is 1050. The number of benzene rings is 2. The Labute approximate surface area is 177 Å². The van der Waals surface area contributed by atoms with Gasteiger partial charge in [-0.1, -0.05) is 46.9 Å². The molecule has 0 atom stereocenters. The lowest BCUT2D eigenvalue weighted by atomic mass is 10.0. The molecule has 0 unspecified atom stereocenters. The van der Waals surface area contributed by atoms with E-state index in [9.17, 15) is 4.79 Å². The van der Waals surface area contributed by atoms with Gasteiger partial charge >= 0.3 is 0 Å². The molecule has 0 fully saturated rings. The van der Waals surface area contributed by atoms with E-state index in [0.29, 0.717) is 26.3 Å². The smallest absolute Gasteiger partial charge is 0.273 e. The van der Waals surface area contributed by atoms with E-state index in [-0.39, 0.29) is 5.69 Å². The second-order valence-corrected chi connectivity index (χ2v) is 7.61. The normalized spacial score (nSPS) is 11.7. The Kier molecular flexibility index (Phi) is 5.97. The van der Waals surface area contributed by atoms with Crippen LogP contribution in [0.15, 0.2) is 42.5 Å². The summed E-state index contributed by atoms with van der Waals surface area (Å²) in [6.07, 6.45) is 1.98. The van der Waals surface area contributed by atoms with Crippen molar-refractivity contribution in [3.05, 3.63) is 80.0 Å². The summed E-state index contributed by atoms with van der Waals surface area (Å²) in [4.78, 5) is 11.8. The molecule has 3 aromatic rings. The van der Waals surface area contributed by atoms with Crippen LogP contribution in [0.1, 0.15) is 34.2 Å². The topological polar surface area (TPSA) is 34.9 Å². The molecular weight excluding hydrogens is 426 g/mol. The molecule has 0 radical (unpaired) electrons. The lowest BCUT2D eigenvalue weighted by molar-refractivity contribution is 0.107. The minimum Gasteiger partial charge on any atom is -0.274 e. The van der Waals surface area contributed by atoms with Crippen LogP contribution in [0.5, 0.6) is 0 Å². The maximum absolute atomic E-state index is 11.8. The molecule has 0 amide bonds. The molecule has 3 rings (SSSR count). The first-order chi connectivity index (χ1) is 12.8. The first-order valence-corrected chi connectivity index (χ1v) is 9.48. The van der Waals surface area contributed by atoms with Crippen molar-refractivity contribution in [3.63, 3.8) is 0 Å². The number of carbonyl (C=O) groups is 1. The highest BCUT2D eigenvalue weighted by atomic mass is 35.5. The van der Waals surface area contributed by atoms with Crippen molar-refractivity contribution in [2.45, 2.75) is 13.8 Å². The van der Waals surface area contributed by atoms with Gasteiger partial charge in [-0.15, -0.1) is 0 Å². The highest BCUT2D eigenvalue weighted by molar-refractivity contribution is 6.67. The summed E-state index contributed by atoms with van der Waals surface area (Å²) in [5.41, 5.74) is 4.04. The Balaban J connectivity index is 2.21. The zero-order valence-corrected chi connectivity index (χ0v) is 17.5. The molecule has 0 N–H and O–H groups in total. The lowest BCUT2D eigenvalue weighted by Crippen LogP contribution is -2.03. The molecule has 2 aromatic carbocycles. The Morgan fingerprint density at radius 1 is 1.04 bits per heavy atom. The largest absolute Gasteiger partial charge is 0.274 e. The van der Waals surface area contributed by atoms with Gasteiger partial charge in [0.25, 0.3) is 5.24 Å². The van der Waals surface area contributed by atoms with E-state index in [4.69, 9.17) is 46.4 Å². The number of aromatic nitrogens is 2. The standard InChI is InChI=1S/C20H14Cl4N2O/c1-11(9-13-3-5-14(21)6-4-13)19-12(2)18(20(24)27)25-26(19)17-8-7-15(22)10-16(17)23/h3-10H,1-2H3/b11-9+. The predicted octanol–water partition coefficient (Wildman–Crippen LogP) is 7.08. The monoisotopic (exact) mass is 438 g/mol. The van der Waals surface area contributed by atoms with Crippen LogP contribution in [0.4, 0.5) is 0 Å². The number of hydrogen-bond donors (Lipinski definition) is 0. The molecule has 3 nitrogen and oxygen atoms in total. The molecule has 27 heavy (non-hydrogen) atoms. The zero-order valence-electron chi connectivity index (χ0n) is 14.4. The summed E-state index contributed by atoms with van der Waals surface area (Å²) >= 11 is 24.0. The van der Waals surface area contributed by atoms with Crippen LogP contribution >= 0.6 is 46.4 Å². The van der Waals surface area contributed by atoms with Crippen molar-refractivity contribution in [3.8, 4) is 5.69 Å². The Morgan fingerprint density at radius 2 is 1.67 bits per heavy atom. The van der Waals surface area contributed by atoms with Crippen LogP contribution in [0.3, 0.4) is 0 Å². The zero-order chi connectivity index (χ0) is 19.7. The highest BCUT2D eigenvalue weighted by Gasteiger charge is 2.22. The summed E-state index contributed by atoms with van der Waals surface area (Å²) in [7, 11) is 0. The molecule has 1 aromatic heterocycles. The third-order valence-corrected chi connectivity index (χ3v) is 5.04. The average Bonchev–Trinajstić information content (AvgIpc) is 2.94. The highest BCUT2D eigenvalue weighted by Crippen LogP contribution is 2.31. The molecule has 0 bridgehead atoms. The molecule has 138 valence electrons. The van der Waals surface area contributed by atoms with Gasteiger partial charge in [0, 0.05) is 15.6 Å². The number of allylic oxidation sites excluding steroid dienone is 1. The molecular formula is C20H14Cl4N2O. The number of nitrogens with zero attached hydrogens (tertiary/aromatic N) is 2. The van der Waals surface area contributed by atoms with E-state index < -0.39 is 5.24 Å². The van der Waals surface area contributed by atoms with Crippen LogP contribution in [-0.4, -0.2) is 15.0 Å². The fraction of sp³-hybridized carbons (Fsp3) is 0.100. The van der Waals surface area contributed by atoms with Gasteiger partial charge in [0.1, 0.15) is 5.69 Å². The van der Waals surface area contributed by atoms with Gasteiger partial charge in [-0.25, -0.2) is 4.68 Å². The van der Waals surface area contributed by atoms with E-state index in [1.54, 1.807) is 29.8 Å². The first-order valence-electron chi connectivity index (χ1n) is 7.97. The molecule has 0 aliphatic heterocycles. The van der Waals surface area contributed by atoms with Crippen LogP contribution in [-0.2, 0) is 0 Å². The van der Waals surface area contributed by atoms with Crippen molar-refractivity contribution in [2.24, 2.45) is 0 Å². The molecule has 0 aliphatic rings. The van der Waals surface area contributed by atoms with Crippen molar-refractivity contribution in [1.29, 1.82) is 0 Å². The van der Waals surface area contributed by atoms with Crippen molar-refractivity contribution < 1.29 is 4.79 Å². The molecule has 1 heterocycles. The number of hydrogen-bond acceptors (Lipinski definition) is 2. The summed E-state index contributed by atoms with van der Waals surface area (Å²) < 4.78 is 1.62. The van der Waals surface area contributed by atoms with Crippen LogP contribution in [0.2, 0.25) is 15.1 Å². The maximum atomic E-state index is 11.8. The van der Waals surface area contributed by atoms with E-state index in [2.05, 4.69) is 5.10 Å². The van der Waals surface area contributed by atoms with Crippen LogP contribution < -0.4 is 0 Å². The average molecular weight is 440 g/mol. The second-order valence-electron chi connectivity index (χ2n) is 5.98. The molecule has 0 saturated heterocycles. The van der Waals surface area contributed by atoms with Crippen LogP contribution in [0, 0.1) is 6.92 Å². The predicted molar refractivity (Wildman–Crippen MR) is 114 cm³/mol. The fourth-order valence-electron chi connectivity index (χ4n) is 2.85. The van der Waals surface area contributed by atoms with Gasteiger partial charge in [-0.05, 0) is 73.0 Å². The van der Waals surface area contributed by atoms with Gasteiger partial charge < -0.3 is 0 Å². The van der Waals surface area contributed by atoms with Crippen molar-refractivity contribution in [1.82, 2.24) is 9.78 Å². The molecule has 0 saturated carbocycles. The van der Waals surface area contributed by atoms with E-state index in [1.807, 2.05) is 37.3 Å². The minimum atomic E-state index is -0.628. The minimum absolute atomic E-state index is 0.182. The third-order valence-electron chi connectivity index (χ3n) is 4.07. The van der Waals surface area contributed by atoms with Crippen molar-refractivity contribution >= 4 is 63.3 Å². The van der Waals surface area contributed by atoms with Crippen molar-refractivity contribution in [2.75, 3.05) is 0 Å². The van der Waals surface area contributed by atoms with E-state index in [0.717, 1.165) is 16.8 Å². The summed E-state index contributed by atoms with van der Waals surface area (Å²) in [5.74, 6) is 0. The Hall–Kier alpha value is -1.78. The van der Waals surface area contributed by atoms with Crippen LogP contribution in [0.25, 0.3) is 17.3 Å². The number of rotatable bonds is 4. The fourth-order valence-corrected chi connectivity index (χ4v) is 3.64. The summed E-state index contributed by atoms with van der Waals surface area (Å²) in [6, 6.07) is 12.5. The van der Waals surface area contributed by atoms with Gasteiger partial charge in [0.15, 0.2) is 0 Å². The molecule has 0 aliphatic carbocycles. The summed E-state index contributed by atoms with van der Waals surface area (Å²) in [6.45, 7) is 3.74. The first kappa shape index (κ1) is 20.0.